The molecule has 0 saturated carbocycles. The second-order valence-electron chi connectivity index (χ2n) is 4.04. The van der Waals surface area contributed by atoms with E-state index in [0.29, 0.717) is 0 Å². The topological polar surface area (TPSA) is 32.3 Å². The van der Waals surface area contributed by atoms with Crippen molar-refractivity contribution >= 4 is 27.5 Å². The summed E-state index contributed by atoms with van der Waals surface area (Å²) in [7, 11) is 4.06. The molecule has 0 heterocycles. The Kier molecular flexibility index (Phi) is 4.96. The molecule has 0 spiro atoms. The van der Waals surface area contributed by atoms with Crippen molar-refractivity contribution in [2.24, 2.45) is 0 Å². The first-order valence-corrected chi connectivity index (χ1v) is 6.09. The van der Waals surface area contributed by atoms with E-state index in [-0.39, 0.29) is 10.7 Å². The summed E-state index contributed by atoms with van der Waals surface area (Å²) in [5.74, 6) is -0.0274. The molecule has 1 N–H and O–H groups in total. The Labute approximate surface area is 105 Å². The summed E-state index contributed by atoms with van der Waals surface area (Å²) in [5, 5.41) is 2.82. The van der Waals surface area contributed by atoms with E-state index in [2.05, 4.69) is 26.1 Å². The largest absolute Gasteiger partial charge is 0.325 e. The average molecular weight is 285 g/mol. The summed E-state index contributed by atoms with van der Waals surface area (Å²) in [5.41, 5.74) is 2.06. The van der Waals surface area contributed by atoms with Gasteiger partial charge in [-0.2, -0.15) is 0 Å². The molecule has 0 aromatic heterocycles. The first kappa shape index (κ1) is 13.2. The maximum atomic E-state index is 11.4. The van der Waals surface area contributed by atoms with Crippen LogP contribution in [0.3, 0.4) is 0 Å². The summed E-state index contributed by atoms with van der Waals surface area (Å²) in [6.07, 6.45) is 0. The molecule has 1 aromatic carbocycles. The van der Waals surface area contributed by atoms with Crippen molar-refractivity contribution in [2.45, 2.75) is 18.3 Å². The van der Waals surface area contributed by atoms with Crippen LogP contribution in [0.25, 0.3) is 0 Å². The monoisotopic (exact) mass is 284 g/mol. The van der Waals surface area contributed by atoms with Crippen molar-refractivity contribution in [3.05, 3.63) is 29.8 Å². The number of nitrogens with zero attached hydrogens (tertiary/aromatic N) is 1. The third-order valence-corrected chi connectivity index (χ3v) is 2.50. The molecule has 0 fully saturated rings. The molecule has 1 atom stereocenters. The van der Waals surface area contributed by atoms with E-state index in [4.69, 9.17) is 0 Å². The Morgan fingerprint density at radius 1 is 1.38 bits per heavy atom. The van der Waals surface area contributed by atoms with Crippen LogP contribution in [0, 0.1) is 0 Å². The minimum absolute atomic E-state index is 0.0274. The lowest BCUT2D eigenvalue weighted by Crippen LogP contribution is -2.19. The van der Waals surface area contributed by atoms with Gasteiger partial charge in [-0.1, -0.05) is 28.1 Å². The molecule has 1 aromatic rings. The molecule has 4 heteroatoms. The molecule has 16 heavy (non-hydrogen) atoms. The average Bonchev–Trinajstić information content (AvgIpc) is 2.20. The first-order chi connectivity index (χ1) is 7.49. The fourth-order valence-corrected chi connectivity index (χ4v) is 1.41. The fraction of sp³-hybridized carbons (Fsp3) is 0.417. The first-order valence-electron chi connectivity index (χ1n) is 5.17. The number of amides is 1. The van der Waals surface area contributed by atoms with E-state index < -0.39 is 0 Å². The lowest BCUT2D eigenvalue weighted by atomic mass is 10.2. The van der Waals surface area contributed by atoms with Gasteiger partial charge in [0.15, 0.2) is 0 Å². The van der Waals surface area contributed by atoms with Crippen molar-refractivity contribution in [1.29, 1.82) is 0 Å². The number of hydrogen-bond acceptors (Lipinski definition) is 2. The minimum atomic E-state index is -0.172. The van der Waals surface area contributed by atoms with Gasteiger partial charge in [0.1, 0.15) is 0 Å². The predicted molar refractivity (Wildman–Crippen MR) is 70.9 cm³/mol. The number of nitrogens with one attached hydrogen (secondary N) is 1. The van der Waals surface area contributed by atoms with E-state index in [9.17, 15) is 4.79 Å². The molecule has 0 aliphatic rings. The molecule has 1 amide bonds. The van der Waals surface area contributed by atoms with Crippen LogP contribution in [-0.2, 0) is 11.3 Å². The van der Waals surface area contributed by atoms with Gasteiger partial charge in [0.05, 0.1) is 4.83 Å². The minimum Gasteiger partial charge on any atom is -0.325 e. The van der Waals surface area contributed by atoms with Gasteiger partial charge in [0, 0.05) is 12.2 Å². The lowest BCUT2D eigenvalue weighted by Gasteiger charge is -2.11. The summed E-state index contributed by atoms with van der Waals surface area (Å²) < 4.78 is 0. The summed E-state index contributed by atoms with van der Waals surface area (Å²) in [4.78, 5) is 13.3. The highest BCUT2D eigenvalue weighted by atomic mass is 79.9. The van der Waals surface area contributed by atoms with E-state index >= 15 is 0 Å². The van der Waals surface area contributed by atoms with Crippen LogP contribution in [0.5, 0.6) is 0 Å². The number of benzene rings is 1. The van der Waals surface area contributed by atoms with Crippen molar-refractivity contribution < 1.29 is 4.79 Å². The van der Waals surface area contributed by atoms with E-state index in [1.54, 1.807) is 6.92 Å². The summed E-state index contributed by atoms with van der Waals surface area (Å²) in [6, 6.07) is 7.89. The number of carbonyl (C=O) groups is 1. The summed E-state index contributed by atoms with van der Waals surface area (Å²) >= 11 is 3.23. The van der Waals surface area contributed by atoms with Gasteiger partial charge in [0.2, 0.25) is 5.91 Å². The zero-order valence-electron chi connectivity index (χ0n) is 9.83. The fourth-order valence-electron chi connectivity index (χ4n) is 1.30. The second kappa shape index (κ2) is 6.01. The maximum Gasteiger partial charge on any atom is 0.237 e. The molecule has 1 unspecified atom stereocenters. The van der Waals surface area contributed by atoms with Crippen molar-refractivity contribution in [2.75, 3.05) is 19.4 Å². The standard InChI is InChI=1S/C12H17BrN2O/c1-9(13)12(16)14-11-6-4-10(5-7-11)8-15(2)3/h4-7,9H,8H2,1-3H3,(H,14,16). The molecule has 88 valence electrons. The van der Waals surface area contributed by atoms with Crippen LogP contribution in [0.4, 0.5) is 5.69 Å². The van der Waals surface area contributed by atoms with Crippen LogP contribution < -0.4 is 5.32 Å². The van der Waals surface area contributed by atoms with Crippen LogP contribution >= 0.6 is 15.9 Å². The number of hydrogen-bond donors (Lipinski definition) is 1. The Hall–Kier alpha value is -0.870. The number of anilines is 1. The molecule has 3 nitrogen and oxygen atoms in total. The predicted octanol–water partition coefficient (Wildman–Crippen LogP) is 2.47. The van der Waals surface area contributed by atoms with E-state index in [0.717, 1.165) is 12.2 Å². The molecular weight excluding hydrogens is 268 g/mol. The van der Waals surface area contributed by atoms with Crippen LogP contribution in [0.2, 0.25) is 0 Å². The highest BCUT2D eigenvalue weighted by Gasteiger charge is 2.08. The smallest absolute Gasteiger partial charge is 0.237 e. The third-order valence-electron chi connectivity index (χ3n) is 2.08. The Morgan fingerprint density at radius 3 is 2.38 bits per heavy atom. The quantitative estimate of drug-likeness (QED) is 0.862. The molecular formula is C12H17BrN2O. The lowest BCUT2D eigenvalue weighted by molar-refractivity contribution is -0.115. The third kappa shape index (κ3) is 4.33. The normalized spacial score (nSPS) is 12.6. The van der Waals surface area contributed by atoms with Gasteiger partial charge in [0.25, 0.3) is 0 Å². The Morgan fingerprint density at radius 2 is 1.94 bits per heavy atom. The highest BCUT2D eigenvalue weighted by Crippen LogP contribution is 2.12. The maximum absolute atomic E-state index is 11.4. The SMILES string of the molecule is CC(Br)C(=O)Nc1ccc(CN(C)C)cc1. The van der Waals surface area contributed by atoms with Crippen molar-refractivity contribution in [3.63, 3.8) is 0 Å². The number of halogens is 1. The molecule has 0 radical (unpaired) electrons. The van der Waals surface area contributed by atoms with Gasteiger partial charge in [-0.05, 0) is 38.7 Å². The van der Waals surface area contributed by atoms with Gasteiger partial charge in [-0.3, -0.25) is 4.79 Å². The molecule has 0 bridgehead atoms. The highest BCUT2D eigenvalue weighted by molar-refractivity contribution is 9.10. The number of rotatable bonds is 4. The molecule has 0 aliphatic carbocycles. The summed E-state index contributed by atoms with van der Waals surface area (Å²) in [6.45, 7) is 2.71. The Balaban J connectivity index is 2.61. The number of carbonyl (C=O) groups excluding carboxylic acids is 1. The van der Waals surface area contributed by atoms with Gasteiger partial charge in [-0.25, -0.2) is 0 Å². The Bertz CT molecular complexity index is 347. The zero-order chi connectivity index (χ0) is 12.1. The second-order valence-corrected chi connectivity index (χ2v) is 5.41. The van der Waals surface area contributed by atoms with Gasteiger partial charge < -0.3 is 10.2 Å². The van der Waals surface area contributed by atoms with Crippen molar-refractivity contribution in [1.82, 2.24) is 4.90 Å². The molecule has 1 rings (SSSR count). The van der Waals surface area contributed by atoms with Crippen LogP contribution in [0.1, 0.15) is 12.5 Å². The van der Waals surface area contributed by atoms with Crippen molar-refractivity contribution in [3.8, 4) is 0 Å². The zero-order valence-corrected chi connectivity index (χ0v) is 11.4. The van der Waals surface area contributed by atoms with Gasteiger partial charge >= 0.3 is 0 Å². The van der Waals surface area contributed by atoms with E-state index in [1.807, 2.05) is 38.4 Å². The van der Waals surface area contributed by atoms with E-state index in [1.165, 1.54) is 5.56 Å². The molecule has 0 saturated heterocycles. The number of alkyl halides is 1. The van der Waals surface area contributed by atoms with Crippen LogP contribution in [-0.4, -0.2) is 29.7 Å². The van der Waals surface area contributed by atoms with Gasteiger partial charge in [-0.15, -0.1) is 0 Å². The molecule has 0 aliphatic heterocycles. The van der Waals surface area contributed by atoms with Crippen LogP contribution in [0.15, 0.2) is 24.3 Å².